The second kappa shape index (κ2) is 8.64. The van der Waals surface area contributed by atoms with Gasteiger partial charge in [0.1, 0.15) is 5.75 Å². The van der Waals surface area contributed by atoms with Crippen LogP contribution in [0.15, 0.2) is 64.5 Å². The van der Waals surface area contributed by atoms with Gasteiger partial charge in [-0.15, -0.1) is 11.3 Å². The summed E-state index contributed by atoms with van der Waals surface area (Å²) < 4.78 is 6.31. The molecule has 1 heterocycles. The average Bonchev–Trinajstić information content (AvgIpc) is 3.18. The zero-order chi connectivity index (χ0) is 18.4. The Morgan fingerprint density at radius 1 is 1.08 bits per heavy atom. The van der Waals surface area contributed by atoms with Gasteiger partial charge in [-0.2, -0.15) is 0 Å². The average molecular weight is 431 g/mol. The maximum Gasteiger partial charge on any atom is 0.276 e. The maximum absolute atomic E-state index is 11.8. The lowest BCUT2D eigenvalue weighted by Gasteiger charge is -2.10. The molecule has 0 radical (unpaired) electrons. The first kappa shape index (κ1) is 18.2. The third kappa shape index (κ3) is 4.71. The van der Waals surface area contributed by atoms with Gasteiger partial charge < -0.3 is 4.74 Å². The number of hydrogen-bond acceptors (Lipinski definition) is 4. The van der Waals surface area contributed by atoms with Gasteiger partial charge in [-0.05, 0) is 50.3 Å². The Kier molecular flexibility index (Phi) is 6.04. The first-order valence-corrected chi connectivity index (χ1v) is 9.41. The zero-order valence-corrected chi connectivity index (χ0v) is 16.0. The van der Waals surface area contributed by atoms with E-state index in [2.05, 4.69) is 26.8 Å². The Labute approximate surface area is 162 Å². The van der Waals surface area contributed by atoms with Crippen LogP contribution in [0.3, 0.4) is 0 Å². The predicted molar refractivity (Wildman–Crippen MR) is 107 cm³/mol. The number of hydrogen-bond donors (Lipinski definition) is 2. The molecule has 0 spiro atoms. The highest BCUT2D eigenvalue weighted by Crippen LogP contribution is 2.32. The van der Waals surface area contributed by atoms with Crippen molar-refractivity contribution in [2.75, 3.05) is 6.61 Å². The monoisotopic (exact) mass is 430 g/mol. The highest BCUT2D eigenvalue weighted by atomic mass is 79.9. The molecular weight excluding hydrogens is 416 g/mol. The summed E-state index contributed by atoms with van der Waals surface area (Å²) in [4.78, 5) is 24.5. The van der Waals surface area contributed by atoms with Crippen LogP contribution >= 0.6 is 27.3 Å². The van der Waals surface area contributed by atoms with Crippen molar-refractivity contribution < 1.29 is 14.3 Å². The number of rotatable bonds is 5. The van der Waals surface area contributed by atoms with Crippen LogP contribution in [0.4, 0.5) is 0 Å². The smallest absolute Gasteiger partial charge is 0.276 e. The highest BCUT2D eigenvalue weighted by molar-refractivity contribution is 9.10. The molecule has 7 heteroatoms. The van der Waals surface area contributed by atoms with E-state index in [0.29, 0.717) is 5.75 Å². The third-order valence-corrected chi connectivity index (χ3v) is 5.11. The lowest BCUT2D eigenvalue weighted by Crippen LogP contribution is -2.43. The highest BCUT2D eigenvalue weighted by Gasteiger charge is 2.09. The summed E-state index contributed by atoms with van der Waals surface area (Å²) in [6.45, 7) is -0.216. The van der Waals surface area contributed by atoms with Gasteiger partial charge in [-0.3, -0.25) is 20.4 Å². The van der Waals surface area contributed by atoms with Gasteiger partial charge in [-0.25, -0.2) is 0 Å². The van der Waals surface area contributed by atoms with Crippen LogP contribution < -0.4 is 15.6 Å². The Hall–Kier alpha value is -2.64. The van der Waals surface area contributed by atoms with Crippen LogP contribution in [0.25, 0.3) is 16.8 Å². The van der Waals surface area contributed by atoms with Gasteiger partial charge >= 0.3 is 0 Å². The van der Waals surface area contributed by atoms with Crippen molar-refractivity contribution in [3.63, 3.8) is 0 Å². The summed E-state index contributed by atoms with van der Waals surface area (Å²) in [7, 11) is 0. The number of fused-ring (bicyclic) bond motifs is 1. The molecule has 0 fully saturated rings. The first-order valence-electron chi connectivity index (χ1n) is 7.74. The van der Waals surface area contributed by atoms with Crippen LogP contribution in [-0.2, 0) is 9.59 Å². The van der Waals surface area contributed by atoms with Crippen LogP contribution in [0.2, 0.25) is 0 Å². The number of carbonyl (C=O) groups is 2. The van der Waals surface area contributed by atoms with Crippen molar-refractivity contribution in [3.05, 3.63) is 69.3 Å². The normalized spacial score (nSPS) is 10.8. The number of carbonyl (C=O) groups excluding carboxylic acids is 2. The first-order chi connectivity index (χ1) is 12.6. The van der Waals surface area contributed by atoms with Gasteiger partial charge in [0, 0.05) is 11.0 Å². The Morgan fingerprint density at radius 2 is 1.92 bits per heavy atom. The SMILES string of the molecule is O=C(C=Cc1cccs1)NNC(=O)COc1ccc2ccccc2c1Br. The minimum absolute atomic E-state index is 0.216. The van der Waals surface area contributed by atoms with Crippen molar-refractivity contribution in [2.24, 2.45) is 0 Å². The fourth-order valence-corrected chi connectivity index (χ4v) is 3.45. The van der Waals surface area contributed by atoms with E-state index in [1.165, 1.54) is 17.4 Å². The molecule has 3 rings (SSSR count). The van der Waals surface area contributed by atoms with Gasteiger partial charge in [-0.1, -0.05) is 36.4 Å². The molecule has 1 aromatic heterocycles. The van der Waals surface area contributed by atoms with E-state index in [1.54, 1.807) is 12.1 Å². The van der Waals surface area contributed by atoms with Gasteiger partial charge in [0.2, 0.25) is 0 Å². The quantitative estimate of drug-likeness (QED) is 0.476. The number of nitrogens with one attached hydrogen (secondary N) is 2. The van der Waals surface area contributed by atoms with Crippen molar-refractivity contribution in [3.8, 4) is 5.75 Å². The molecule has 0 aliphatic rings. The second-order valence-electron chi connectivity index (χ2n) is 5.27. The van der Waals surface area contributed by atoms with Crippen LogP contribution in [0, 0.1) is 0 Å². The molecule has 0 saturated heterocycles. The Morgan fingerprint density at radius 3 is 2.73 bits per heavy atom. The fourth-order valence-electron chi connectivity index (χ4n) is 2.22. The van der Waals surface area contributed by atoms with Gasteiger partial charge in [0.25, 0.3) is 11.8 Å². The Balaban J connectivity index is 1.50. The summed E-state index contributed by atoms with van der Waals surface area (Å²) in [5, 5.41) is 3.99. The molecule has 0 saturated carbocycles. The molecule has 0 aliphatic heterocycles. The van der Waals surface area contributed by atoms with Gasteiger partial charge in [0.05, 0.1) is 4.47 Å². The molecular formula is C19H15BrN2O3S. The number of ether oxygens (including phenoxy) is 1. The lowest BCUT2D eigenvalue weighted by molar-refractivity contribution is -0.128. The molecule has 132 valence electrons. The summed E-state index contributed by atoms with van der Waals surface area (Å²) in [6, 6.07) is 15.4. The molecule has 2 amide bonds. The van der Waals surface area contributed by atoms with E-state index in [-0.39, 0.29) is 6.61 Å². The minimum Gasteiger partial charge on any atom is -0.483 e. The number of hydrazine groups is 1. The van der Waals surface area contributed by atoms with E-state index >= 15 is 0 Å². The van der Waals surface area contributed by atoms with Crippen LogP contribution in [0.5, 0.6) is 5.75 Å². The summed E-state index contributed by atoms with van der Waals surface area (Å²) in [5.41, 5.74) is 4.63. The van der Waals surface area contributed by atoms with Crippen molar-refractivity contribution in [2.45, 2.75) is 0 Å². The van der Waals surface area contributed by atoms with Crippen molar-refractivity contribution in [1.82, 2.24) is 10.9 Å². The van der Waals surface area contributed by atoms with E-state index in [9.17, 15) is 9.59 Å². The number of halogens is 1. The van der Waals surface area contributed by atoms with Crippen LogP contribution in [-0.4, -0.2) is 18.4 Å². The molecule has 0 unspecified atom stereocenters. The van der Waals surface area contributed by atoms with E-state index < -0.39 is 11.8 Å². The predicted octanol–water partition coefficient (Wildman–Crippen LogP) is 3.90. The third-order valence-electron chi connectivity index (χ3n) is 3.45. The molecule has 0 aliphatic carbocycles. The fraction of sp³-hybridized carbons (Fsp3) is 0.0526. The van der Waals surface area contributed by atoms with Gasteiger partial charge in [0.15, 0.2) is 6.61 Å². The van der Waals surface area contributed by atoms with Crippen molar-refractivity contribution >= 4 is 55.9 Å². The largest absolute Gasteiger partial charge is 0.483 e. The summed E-state index contributed by atoms with van der Waals surface area (Å²) in [5.74, 6) is -0.315. The molecule has 0 bridgehead atoms. The summed E-state index contributed by atoms with van der Waals surface area (Å²) >= 11 is 5.02. The topological polar surface area (TPSA) is 67.4 Å². The zero-order valence-electron chi connectivity index (χ0n) is 13.6. The number of amides is 2. The lowest BCUT2D eigenvalue weighted by atomic mass is 10.1. The van der Waals surface area contributed by atoms with E-state index in [4.69, 9.17) is 4.74 Å². The molecule has 26 heavy (non-hydrogen) atoms. The number of benzene rings is 2. The molecule has 5 nitrogen and oxygen atoms in total. The molecule has 2 N–H and O–H groups in total. The van der Waals surface area contributed by atoms with E-state index in [0.717, 1.165) is 20.1 Å². The molecule has 0 atom stereocenters. The Bertz CT molecular complexity index is 955. The maximum atomic E-state index is 11.8. The van der Waals surface area contributed by atoms with Crippen LogP contribution in [0.1, 0.15) is 4.88 Å². The molecule has 3 aromatic rings. The minimum atomic E-state index is -0.456. The number of thiophene rings is 1. The standard InChI is InChI=1S/C19H15BrN2O3S/c20-19-15-6-2-1-4-13(15)7-9-16(19)25-12-18(24)22-21-17(23)10-8-14-5-3-11-26-14/h1-11H,12H2,(H,21,23)(H,22,24). The van der Waals surface area contributed by atoms with E-state index in [1.807, 2.05) is 47.8 Å². The van der Waals surface area contributed by atoms with Crippen molar-refractivity contribution in [1.29, 1.82) is 0 Å². The molecule has 2 aromatic carbocycles. The summed E-state index contributed by atoms with van der Waals surface area (Å²) in [6.07, 6.45) is 3.03. The second-order valence-corrected chi connectivity index (χ2v) is 7.05.